The van der Waals surface area contributed by atoms with Crippen LogP contribution >= 0.6 is 0 Å². The normalized spacial score (nSPS) is 27.2. The van der Waals surface area contributed by atoms with E-state index in [9.17, 15) is 39.9 Å². The van der Waals surface area contributed by atoms with Gasteiger partial charge in [0.15, 0.2) is 0 Å². The Bertz CT molecular complexity index is 1770. The molecule has 1 aliphatic heterocycles. The molecular formula is C30H23NO9. The molecular weight excluding hydrogens is 518 g/mol. The third-order valence-corrected chi connectivity index (χ3v) is 9.09. The Labute approximate surface area is 226 Å². The van der Waals surface area contributed by atoms with Crippen LogP contribution in [0.15, 0.2) is 53.8 Å². The highest BCUT2D eigenvalue weighted by Crippen LogP contribution is 2.67. The van der Waals surface area contributed by atoms with Crippen molar-refractivity contribution in [3.05, 3.63) is 92.7 Å². The van der Waals surface area contributed by atoms with Crippen LogP contribution in [0.5, 0.6) is 17.2 Å². The summed E-state index contributed by atoms with van der Waals surface area (Å²) < 4.78 is 5.71. The zero-order valence-corrected chi connectivity index (χ0v) is 21.2. The van der Waals surface area contributed by atoms with Crippen molar-refractivity contribution in [1.29, 1.82) is 0 Å². The molecule has 7 rings (SSSR count). The molecule has 0 amide bonds. The predicted octanol–water partition coefficient (Wildman–Crippen LogP) is 3.29. The first-order chi connectivity index (χ1) is 19.0. The minimum absolute atomic E-state index is 0.0706. The number of rotatable bonds is 2. The van der Waals surface area contributed by atoms with Crippen molar-refractivity contribution in [3.63, 3.8) is 0 Å². The predicted molar refractivity (Wildman–Crippen MR) is 139 cm³/mol. The highest BCUT2D eigenvalue weighted by atomic mass is 16.5. The van der Waals surface area contributed by atoms with Gasteiger partial charge in [-0.25, -0.2) is 4.79 Å². The van der Waals surface area contributed by atoms with Crippen LogP contribution < -0.4 is 5.32 Å². The van der Waals surface area contributed by atoms with Crippen LogP contribution in [0.2, 0.25) is 0 Å². The zero-order chi connectivity index (χ0) is 28.4. The summed E-state index contributed by atoms with van der Waals surface area (Å²) in [4.78, 5) is 39.9. The number of hydrogen-bond donors (Lipinski definition) is 6. The number of aliphatic hydroxyl groups is 1. The van der Waals surface area contributed by atoms with Crippen LogP contribution in [0, 0.1) is 5.92 Å². The molecule has 202 valence electrons. The molecule has 3 aliphatic carbocycles. The molecule has 5 atom stereocenters. The van der Waals surface area contributed by atoms with Gasteiger partial charge in [0.1, 0.15) is 28.6 Å². The summed E-state index contributed by atoms with van der Waals surface area (Å²) in [6.45, 7) is 1.60. The number of phenolic OH excluding ortho intramolecular Hbond substituents is 3. The van der Waals surface area contributed by atoms with Crippen LogP contribution in [0.25, 0.3) is 0 Å². The number of allylic oxidation sites excluding steroid dienone is 1. The SMILES string of the molecule is COC1=C(C(=O)O)C(C)C2(O)C3Nc4c(cc(O)c5c4C(=O)c4c(O)ccc(O)c4C5=O)C2C1c1ccccc13. The van der Waals surface area contributed by atoms with Gasteiger partial charge in [-0.2, -0.15) is 0 Å². The number of anilines is 1. The maximum atomic E-state index is 13.9. The molecule has 4 aliphatic rings. The smallest absolute Gasteiger partial charge is 0.335 e. The highest BCUT2D eigenvalue weighted by molar-refractivity contribution is 6.33. The number of carbonyl (C=O) groups is 3. The summed E-state index contributed by atoms with van der Waals surface area (Å²) in [7, 11) is 1.37. The van der Waals surface area contributed by atoms with Gasteiger partial charge in [-0.05, 0) is 34.9 Å². The first kappa shape index (κ1) is 24.2. The number of carboxylic acid groups (broad SMARTS) is 1. The molecule has 0 aromatic heterocycles. The number of nitrogens with one attached hydrogen (secondary N) is 1. The van der Waals surface area contributed by atoms with Crippen LogP contribution in [-0.2, 0) is 9.53 Å². The third-order valence-electron chi connectivity index (χ3n) is 9.09. The molecule has 10 nitrogen and oxygen atoms in total. The van der Waals surface area contributed by atoms with E-state index >= 15 is 0 Å². The van der Waals surface area contributed by atoms with Gasteiger partial charge in [0.05, 0.1) is 52.6 Å². The van der Waals surface area contributed by atoms with E-state index in [1.165, 1.54) is 13.2 Å². The lowest BCUT2D eigenvalue weighted by Gasteiger charge is -2.59. The van der Waals surface area contributed by atoms with Gasteiger partial charge in [0.25, 0.3) is 0 Å². The summed E-state index contributed by atoms with van der Waals surface area (Å²) in [5, 5.41) is 58.0. The standard InChI is InChI=1S/C30H23NO9/c1-10-17(29(37)38)27(40-2)18-11-5-3-4-6-12(11)28-30(10,39)23(18)13-9-16(34)21-22(24(13)31-28)26(36)20-15(33)8-7-14(32)19(20)25(21)35/h3-10,18,23,28,31-34,39H,1-2H3,(H,37,38). The topological polar surface area (TPSA) is 174 Å². The number of aromatic hydroxyl groups is 3. The second kappa shape index (κ2) is 7.64. The maximum Gasteiger partial charge on any atom is 0.335 e. The first-order valence-corrected chi connectivity index (χ1v) is 12.7. The van der Waals surface area contributed by atoms with E-state index in [-0.39, 0.29) is 33.7 Å². The number of ether oxygens (including phenoxy) is 1. The molecule has 6 N–H and O–H groups in total. The first-order valence-electron chi connectivity index (χ1n) is 12.7. The minimum atomic E-state index is -1.73. The molecule has 3 aromatic rings. The molecule has 1 heterocycles. The molecule has 40 heavy (non-hydrogen) atoms. The van der Waals surface area contributed by atoms with E-state index in [4.69, 9.17) is 4.74 Å². The molecule has 0 spiro atoms. The Hall–Kier alpha value is -4.83. The number of ketones is 2. The van der Waals surface area contributed by atoms with E-state index in [1.54, 1.807) is 25.1 Å². The number of aliphatic carboxylic acids is 1. The van der Waals surface area contributed by atoms with Crippen molar-refractivity contribution in [2.75, 3.05) is 12.4 Å². The molecule has 0 saturated carbocycles. The van der Waals surface area contributed by atoms with Crippen LogP contribution in [0.3, 0.4) is 0 Å². The molecule has 4 bridgehead atoms. The van der Waals surface area contributed by atoms with Gasteiger partial charge >= 0.3 is 5.97 Å². The fourth-order valence-corrected chi connectivity index (χ4v) is 7.49. The summed E-state index contributed by atoms with van der Waals surface area (Å²) in [5.74, 6) is -6.88. The van der Waals surface area contributed by atoms with Gasteiger partial charge in [0, 0.05) is 11.8 Å². The maximum absolute atomic E-state index is 13.9. The van der Waals surface area contributed by atoms with Crippen molar-refractivity contribution in [1.82, 2.24) is 0 Å². The van der Waals surface area contributed by atoms with Crippen LogP contribution in [0.4, 0.5) is 5.69 Å². The fraction of sp³-hybridized carbons (Fsp3) is 0.233. The van der Waals surface area contributed by atoms with Crippen molar-refractivity contribution < 1.29 is 44.7 Å². The number of phenols is 3. The van der Waals surface area contributed by atoms with Gasteiger partial charge in [-0.3, -0.25) is 9.59 Å². The lowest BCUT2D eigenvalue weighted by molar-refractivity contribution is -0.138. The zero-order valence-electron chi connectivity index (χ0n) is 21.2. The lowest BCUT2D eigenvalue weighted by Crippen LogP contribution is -2.61. The average Bonchev–Trinajstić information content (AvgIpc) is 2.91. The largest absolute Gasteiger partial charge is 0.507 e. The van der Waals surface area contributed by atoms with Gasteiger partial charge in [-0.15, -0.1) is 0 Å². The number of carboxylic acids is 1. The lowest BCUT2D eigenvalue weighted by atomic mass is 9.50. The molecule has 0 radical (unpaired) electrons. The van der Waals surface area contributed by atoms with Crippen LogP contribution in [-0.4, -0.2) is 55.8 Å². The van der Waals surface area contributed by atoms with E-state index in [0.717, 1.165) is 17.7 Å². The summed E-state index contributed by atoms with van der Waals surface area (Å²) in [5.41, 5.74) is -1.27. The fourth-order valence-electron chi connectivity index (χ4n) is 7.49. The van der Waals surface area contributed by atoms with Gasteiger partial charge in [0.2, 0.25) is 11.6 Å². The minimum Gasteiger partial charge on any atom is -0.507 e. The number of methoxy groups -OCH3 is 1. The summed E-state index contributed by atoms with van der Waals surface area (Å²) in [6, 6.07) is 9.80. The second-order valence-corrected chi connectivity index (χ2v) is 10.7. The Balaban J connectivity index is 1.58. The molecule has 0 fully saturated rings. The Morgan fingerprint density at radius 3 is 2.05 bits per heavy atom. The van der Waals surface area contributed by atoms with Crippen molar-refractivity contribution in [3.8, 4) is 17.2 Å². The average molecular weight is 542 g/mol. The van der Waals surface area contributed by atoms with Crippen molar-refractivity contribution in [2.45, 2.75) is 30.4 Å². The van der Waals surface area contributed by atoms with Gasteiger partial charge in [-0.1, -0.05) is 31.2 Å². The second-order valence-electron chi connectivity index (χ2n) is 10.7. The summed E-state index contributed by atoms with van der Waals surface area (Å²) >= 11 is 0. The van der Waals surface area contributed by atoms with Crippen molar-refractivity contribution >= 4 is 23.2 Å². The number of hydrogen-bond acceptors (Lipinski definition) is 9. The number of fused-ring (bicyclic) bond motifs is 7. The Kier molecular flexibility index (Phi) is 4.62. The Morgan fingerprint density at radius 2 is 1.45 bits per heavy atom. The van der Waals surface area contributed by atoms with E-state index < -0.39 is 69.7 Å². The quantitative estimate of drug-likeness (QED) is 0.207. The van der Waals surface area contributed by atoms with E-state index in [0.29, 0.717) is 11.1 Å². The van der Waals surface area contributed by atoms with Crippen molar-refractivity contribution in [2.24, 2.45) is 5.92 Å². The summed E-state index contributed by atoms with van der Waals surface area (Å²) in [6.07, 6.45) is 0. The van der Waals surface area contributed by atoms with Crippen LogP contribution in [0.1, 0.15) is 73.3 Å². The monoisotopic (exact) mass is 541 g/mol. The molecule has 3 aromatic carbocycles. The third kappa shape index (κ3) is 2.59. The molecule has 0 saturated heterocycles. The molecule has 10 heteroatoms. The number of benzene rings is 3. The highest BCUT2D eigenvalue weighted by Gasteiger charge is 2.65. The van der Waals surface area contributed by atoms with Gasteiger partial charge < -0.3 is 35.6 Å². The Morgan fingerprint density at radius 1 is 0.875 bits per heavy atom. The number of carbonyl (C=O) groups excluding carboxylic acids is 2. The van der Waals surface area contributed by atoms with E-state index in [1.807, 2.05) is 6.07 Å². The molecule has 5 unspecified atom stereocenters. The van der Waals surface area contributed by atoms with E-state index in [2.05, 4.69) is 5.32 Å².